The highest BCUT2D eigenvalue weighted by molar-refractivity contribution is 9.10. The van der Waals surface area contributed by atoms with E-state index in [4.69, 9.17) is 0 Å². The molecule has 0 aliphatic heterocycles. The maximum atomic E-state index is 13.7. The van der Waals surface area contributed by atoms with Gasteiger partial charge in [-0.15, -0.1) is 0 Å². The predicted octanol–water partition coefficient (Wildman–Crippen LogP) is 4.96. The minimum atomic E-state index is -0.566. The maximum Gasteiger partial charge on any atom is 0.149 e. The smallest absolute Gasteiger partial charge is 0.149 e. The molecule has 18 heavy (non-hydrogen) atoms. The number of nitrogens with one attached hydrogen (secondary N) is 1. The molecule has 1 N–H and O–H groups in total. The molecule has 1 saturated carbocycles. The highest BCUT2D eigenvalue weighted by Crippen LogP contribution is 2.32. The Labute approximate surface area is 115 Å². The first kappa shape index (κ1) is 13.8. The third kappa shape index (κ3) is 3.22. The fourth-order valence-corrected chi connectivity index (χ4v) is 3.26. The topological polar surface area (TPSA) is 12.0 Å². The molecule has 2 unspecified atom stereocenters. The van der Waals surface area contributed by atoms with Crippen molar-refractivity contribution in [3.05, 3.63) is 28.2 Å². The molecule has 1 aromatic carbocycles. The lowest BCUT2D eigenvalue weighted by Gasteiger charge is -2.32. The Morgan fingerprint density at radius 2 is 1.67 bits per heavy atom. The molecule has 0 aromatic heterocycles. The lowest BCUT2D eigenvalue weighted by molar-refractivity contribution is 0.280. The lowest BCUT2D eigenvalue weighted by Crippen LogP contribution is -2.30. The van der Waals surface area contributed by atoms with E-state index >= 15 is 0 Å². The van der Waals surface area contributed by atoms with E-state index in [1.807, 2.05) is 0 Å². The minimum Gasteiger partial charge on any atom is -0.380 e. The third-order valence-electron chi connectivity index (χ3n) is 3.55. The zero-order valence-corrected chi connectivity index (χ0v) is 12.2. The summed E-state index contributed by atoms with van der Waals surface area (Å²) in [4.78, 5) is 0. The van der Waals surface area contributed by atoms with E-state index in [0.29, 0.717) is 22.0 Å². The minimum absolute atomic E-state index is 0.274. The van der Waals surface area contributed by atoms with Crippen LogP contribution in [-0.4, -0.2) is 6.04 Å². The molecule has 2 atom stereocenters. The van der Waals surface area contributed by atoms with Crippen LogP contribution in [0.2, 0.25) is 0 Å². The SMILES string of the molecule is CC1CC(C)CC(Nc2cc(Br)c(F)cc2F)C1. The summed E-state index contributed by atoms with van der Waals surface area (Å²) in [6.45, 7) is 4.45. The first-order chi connectivity index (χ1) is 8.45. The Balaban J connectivity index is 2.11. The summed E-state index contributed by atoms with van der Waals surface area (Å²) in [5.41, 5.74) is 0.384. The summed E-state index contributed by atoms with van der Waals surface area (Å²) in [6.07, 6.45) is 3.31. The van der Waals surface area contributed by atoms with Crippen molar-refractivity contribution in [1.29, 1.82) is 0 Å². The quantitative estimate of drug-likeness (QED) is 0.760. The second kappa shape index (κ2) is 5.55. The van der Waals surface area contributed by atoms with Gasteiger partial charge < -0.3 is 5.32 Å². The van der Waals surface area contributed by atoms with Crippen molar-refractivity contribution < 1.29 is 8.78 Å². The highest BCUT2D eigenvalue weighted by atomic mass is 79.9. The highest BCUT2D eigenvalue weighted by Gasteiger charge is 2.24. The van der Waals surface area contributed by atoms with Gasteiger partial charge in [-0.05, 0) is 53.1 Å². The number of hydrogen-bond donors (Lipinski definition) is 1. The van der Waals surface area contributed by atoms with E-state index in [1.54, 1.807) is 0 Å². The van der Waals surface area contributed by atoms with Crippen LogP contribution >= 0.6 is 15.9 Å². The number of anilines is 1. The Kier molecular flexibility index (Phi) is 4.25. The molecule has 1 aliphatic carbocycles. The normalized spacial score (nSPS) is 28.2. The van der Waals surface area contributed by atoms with Gasteiger partial charge in [0.1, 0.15) is 11.6 Å². The van der Waals surface area contributed by atoms with Crippen LogP contribution in [0.3, 0.4) is 0 Å². The number of benzene rings is 1. The van der Waals surface area contributed by atoms with Gasteiger partial charge in [-0.2, -0.15) is 0 Å². The first-order valence-corrected chi connectivity index (χ1v) is 7.16. The van der Waals surface area contributed by atoms with Gasteiger partial charge in [0.05, 0.1) is 10.2 Å². The van der Waals surface area contributed by atoms with Crippen LogP contribution in [0.15, 0.2) is 16.6 Å². The largest absolute Gasteiger partial charge is 0.380 e. The van der Waals surface area contributed by atoms with Crippen LogP contribution in [0.25, 0.3) is 0 Å². The van der Waals surface area contributed by atoms with E-state index in [1.165, 1.54) is 12.5 Å². The molecular weight excluding hydrogens is 300 g/mol. The van der Waals surface area contributed by atoms with Crippen molar-refractivity contribution in [3.8, 4) is 0 Å². The van der Waals surface area contributed by atoms with E-state index in [0.717, 1.165) is 18.9 Å². The molecule has 0 amide bonds. The van der Waals surface area contributed by atoms with Gasteiger partial charge in [-0.25, -0.2) is 8.78 Å². The summed E-state index contributed by atoms with van der Waals surface area (Å²) >= 11 is 3.09. The van der Waals surface area contributed by atoms with Gasteiger partial charge in [-0.3, -0.25) is 0 Å². The zero-order chi connectivity index (χ0) is 13.3. The molecule has 0 saturated heterocycles. The average molecular weight is 318 g/mol. The van der Waals surface area contributed by atoms with E-state index < -0.39 is 11.6 Å². The summed E-state index contributed by atoms with van der Waals surface area (Å²) < 4.78 is 27.1. The number of halogens is 3. The second-order valence-electron chi connectivity index (χ2n) is 5.50. The molecule has 1 aliphatic rings. The Morgan fingerprint density at radius 3 is 2.28 bits per heavy atom. The van der Waals surface area contributed by atoms with Crippen molar-refractivity contribution in [2.24, 2.45) is 11.8 Å². The Bertz CT molecular complexity index is 426. The lowest BCUT2D eigenvalue weighted by atomic mass is 9.80. The molecule has 1 nitrogen and oxygen atoms in total. The molecule has 4 heteroatoms. The summed E-state index contributed by atoms with van der Waals surface area (Å²) in [6, 6.07) is 2.67. The third-order valence-corrected chi connectivity index (χ3v) is 4.16. The van der Waals surface area contributed by atoms with Crippen molar-refractivity contribution in [1.82, 2.24) is 0 Å². The van der Waals surface area contributed by atoms with Crippen molar-refractivity contribution in [2.75, 3.05) is 5.32 Å². The van der Waals surface area contributed by atoms with Crippen LogP contribution < -0.4 is 5.32 Å². The van der Waals surface area contributed by atoms with Crippen LogP contribution in [0.5, 0.6) is 0 Å². The van der Waals surface area contributed by atoms with Crippen LogP contribution in [-0.2, 0) is 0 Å². The molecule has 0 spiro atoms. The summed E-state index contributed by atoms with van der Waals surface area (Å²) in [7, 11) is 0. The standard InChI is InChI=1S/C14H18BrF2N/c1-8-3-9(2)5-10(4-8)18-14-6-11(15)12(16)7-13(14)17/h6-10,18H,3-5H2,1-2H3. The van der Waals surface area contributed by atoms with Crippen molar-refractivity contribution in [3.63, 3.8) is 0 Å². The van der Waals surface area contributed by atoms with Crippen LogP contribution in [0.4, 0.5) is 14.5 Å². The van der Waals surface area contributed by atoms with E-state index in [9.17, 15) is 8.78 Å². The second-order valence-corrected chi connectivity index (χ2v) is 6.36. The van der Waals surface area contributed by atoms with Gasteiger partial charge in [0.25, 0.3) is 0 Å². The fraction of sp³-hybridized carbons (Fsp3) is 0.571. The summed E-state index contributed by atoms with van der Waals surface area (Å²) in [5.74, 6) is 0.210. The van der Waals surface area contributed by atoms with Gasteiger partial charge in [-0.1, -0.05) is 13.8 Å². The van der Waals surface area contributed by atoms with Gasteiger partial charge in [0.2, 0.25) is 0 Å². The molecular formula is C14H18BrF2N. The molecule has 0 heterocycles. The zero-order valence-electron chi connectivity index (χ0n) is 10.6. The van der Waals surface area contributed by atoms with E-state index in [-0.39, 0.29) is 6.04 Å². The van der Waals surface area contributed by atoms with Gasteiger partial charge >= 0.3 is 0 Å². The maximum absolute atomic E-state index is 13.7. The Morgan fingerprint density at radius 1 is 1.06 bits per heavy atom. The van der Waals surface area contributed by atoms with Gasteiger partial charge in [0, 0.05) is 12.1 Å². The molecule has 0 bridgehead atoms. The molecule has 1 fully saturated rings. The molecule has 1 aromatic rings. The van der Waals surface area contributed by atoms with Crippen LogP contribution in [0, 0.1) is 23.5 Å². The summed E-state index contributed by atoms with van der Waals surface area (Å²) in [5, 5.41) is 3.21. The van der Waals surface area contributed by atoms with Gasteiger partial charge in [0.15, 0.2) is 0 Å². The molecule has 0 radical (unpaired) electrons. The first-order valence-electron chi connectivity index (χ1n) is 6.36. The predicted molar refractivity (Wildman–Crippen MR) is 73.6 cm³/mol. The fourth-order valence-electron chi connectivity index (χ4n) is 2.92. The van der Waals surface area contributed by atoms with Crippen molar-refractivity contribution in [2.45, 2.75) is 39.2 Å². The average Bonchev–Trinajstić information content (AvgIpc) is 2.24. The number of hydrogen-bond acceptors (Lipinski definition) is 1. The van der Waals surface area contributed by atoms with Crippen molar-refractivity contribution >= 4 is 21.6 Å². The Hall–Kier alpha value is -0.640. The van der Waals surface area contributed by atoms with E-state index in [2.05, 4.69) is 35.1 Å². The molecule has 100 valence electrons. The molecule has 2 rings (SSSR count). The number of rotatable bonds is 2. The monoisotopic (exact) mass is 317 g/mol. The van der Waals surface area contributed by atoms with Crippen LogP contribution in [0.1, 0.15) is 33.1 Å².